The minimum absolute atomic E-state index is 0.120. The lowest BCUT2D eigenvalue weighted by Crippen LogP contribution is -2.47. The molecule has 112 valence electrons. The second-order valence-electron chi connectivity index (χ2n) is 6.55. The molecule has 1 heterocycles. The van der Waals surface area contributed by atoms with Crippen LogP contribution in [0.5, 0.6) is 0 Å². The van der Waals surface area contributed by atoms with Crippen LogP contribution < -0.4 is 5.73 Å². The van der Waals surface area contributed by atoms with Crippen LogP contribution in [0.25, 0.3) is 0 Å². The van der Waals surface area contributed by atoms with Gasteiger partial charge in [-0.2, -0.15) is 0 Å². The number of aryl methyl sites for hydroxylation is 2. The Morgan fingerprint density at radius 1 is 1.25 bits per heavy atom. The van der Waals surface area contributed by atoms with Crippen molar-refractivity contribution in [2.24, 2.45) is 5.73 Å². The van der Waals surface area contributed by atoms with Crippen LogP contribution in [0.15, 0.2) is 18.2 Å². The molecule has 0 spiro atoms. The molecule has 1 saturated heterocycles. The maximum absolute atomic E-state index is 6.43. The van der Waals surface area contributed by atoms with E-state index in [9.17, 15) is 0 Å². The Morgan fingerprint density at radius 2 is 1.90 bits per heavy atom. The maximum Gasteiger partial charge on any atom is 0.0424 e. The van der Waals surface area contributed by atoms with E-state index < -0.39 is 0 Å². The van der Waals surface area contributed by atoms with E-state index in [1.54, 1.807) is 0 Å². The summed E-state index contributed by atoms with van der Waals surface area (Å²) in [5.41, 5.74) is 10.3. The van der Waals surface area contributed by atoms with E-state index in [-0.39, 0.29) is 6.04 Å². The molecule has 1 fully saturated rings. The first-order valence-electron chi connectivity index (χ1n) is 7.68. The highest BCUT2D eigenvalue weighted by molar-refractivity contribution is 5.30. The Labute approximate surface area is 123 Å². The van der Waals surface area contributed by atoms with Gasteiger partial charge in [0, 0.05) is 25.2 Å². The van der Waals surface area contributed by atoms with Gasteiger partial charge in [-0.25, -0.2) is 0 Å². The lowest BCUT2D eigenvalue weighted by molar-refractivity contribution is 0.128. The highest BCUT2D eigenvalue weighted by Crippen LogP contribution is 2.19. The zero-order valence-electron chi connectivity index (χ0n) is 13.4. The first-order chi connectivity index (χ1) is 9.45. The fraction of sp³-hybridized carbons (Fsp3) is 0.647. The van der Waals surface area contributed by atoms with Crippen LogP contribution in [0.2, 0.25) is 0 Å². The zero-order chi connectivity index (χ0) is 14.7. The molecule has 0 aliphatic carbocycles. The van der Waals surface area contributed by atoms with Gasteiger partial charge in [-0.15, -0.1) is 0 Å². The number of hydrogen-bond donors (Lipinski definition) is 1. The summed E-state index contributed by atoms with van der Waals surface area (Å²) in [5, 5.41) is 0. The molecular formula is C17H29N3. The van der Waals surface area contributed by atoms with Crippen LogP contribution >= 0.6 is 0 Å². The summed E-state index contributed by atoms with van der Waals surface area (Å²) in [6.07, 6.45) is 2.59. The maximum atomic E-state index is 6.43. The van der Waals surface area contributed by atoms with Crippen molar-refractivity contribution in [2.45, 2.75) is 38.8 Å². The van der Waals surface area contributed by atoms with Crippen molar-refractivity contribution in [1.82, 2.24) is 9.80 Å². The Hall–Kier alpha value is -0.900. The van der Waals surface area contributed by atoms with E-state index >= 15 is 0 Å². The summed E-state index contributed by atoms with van der Waals surface area (Å²) in [6.45, 7) is 7.58. The Morgan fingerprint density at radius 3 is 2.50 bits per heavy atom. The molecule has 0 radical (unpaired) electrons. The predicted octanol–water partition coefficient (Wildman–Crippen LogP) is 2.33. The van der Waals surface area contributed by atoms with Crippen LogP contribution in [0, 0.1) is 13.8 Å². The van der Waals surface area contributed by atoms with Crippen molar-refractivity contribution < 1.29 is 0 Å². The number of rotatable bonds is 4. The second kappa shape index (κ2) is 6.70. The minimum Gasteiger partial charge on any atom is -0.323 e. The van der Waals surface area contributed by atoms with Gasteiger partial charge in [-0.3, -0.25) is 4.90 Å². The number of hydrogen-bond acceptors (Lipinski definition) is 3. The third kappa shape index (κ3) is 4.05. The molecular weight excluding hydrogens is 246 g/mol. The van der Waals surface area contributed by atoms with Crippen molar-refractivity contribution in [3.8, 4) is 0 Å². The molecule has 2 N–H and O–H groups in total. The molecule has 0 saturated carbocycles. The summed E-state index contributed by atoms with van der Waals surface area (Å²) < 4.78 is 0. The first kappa shape index (κ1) is 15.5. The topological polar surface area (TPSA) is 32.5 Å². The molecule has 0 aromatic heterocycles. The molecule has 1 aliphatic rings. The van der Waals surface area contributed by atoms with Crippen LogP contribution in [0.1, 0.15) is 35.6 Å². The fourth-order valence-electron chi connectivity index (χ4n) is 3.23. The monoisotopic (exact) mass is 275 g/mol. The Balaban J connectivity index is 1.98. The molecule has 3 nitrogen and oxygen atoms in total. The average molecular weight is 275 g/mol. The molecule has 2 atom stereocenters. The van der Waals surface area contributed by atoms with E-state index in [1.165, 1.54) is 36.1 Å². The van der Waals surface area contributed by atoms with Crippen molar-refractivity contribution >= 4 is 0 Å². The van der Waals surface area contributed by atoms with Crippen molar-refractivity contribution in [3.05, 3.63) is 34.9 Å². The molecule has 1 aliphatic heterocycles. The average Bonchev–Trinajstić information content (AvgIpc) is 2.37. The van der Waals surface area contributed by atoms with Crippen LogP contribution in [0.3, 0.4) is 0 Å². The summed E-state index contributed by atoms with van der Waals surface area (Å²) in [6, 6.07) is 7.46. The third-order valence-electron chi connectivity index (χ3n) is 4.34. The van der Waals surface area contributed by atoms with E-state index in [0.29, 0.717) is 6.04 Å². The molecule has 0 amide bonds. The van der Waals surface area contributed by atoms with Gasteiger partial charge >= 0.3 is 0 Å². The van der Waals surface area contributed by atoms with Gasteiger partial charge in [0.2, 0.25) is 0 Å². The van der Waals surface area contributed by atoms with Crippen molar-refractivity contribution in [3.63, 3.8) is 0 Å². The summed E-state index contributed by atoms with van der Waals surface area (Å²) >= 11 is 0. The van der Waals surface area contributed by atoms with Crippen LogP contribution in [-0.4, -0.2) is 49.6 Å². The number of likely N-dealkylation sites (N-methyl/N-ethyl adjacent to an activating group) is 1. The summed E-state index contributed by atoms with van der Waals surface area (Å²) in [5.74, 6) is 0. The molecule has 2 rings (SSSR count). The molecule has 1 aromatic rings. The highest BCUT2D eigenvalue weighted by atomic mass is 15.2. The normalized spacial score (nSPS) is 22.2. The summed E-state index contributed by atoms with van der Waals surface area (Å²) in [4.78, 5) is 4.87. The Bertz CT molecular complexity index is 422. The van der Waals surface area contributed by atoms with Crippen molar-refractivity contribution in [1.29, 1.82) is 0 Å². The lowest BCUT2D eigenvalue weighted by Gasteiger charge is -2.37. The molecule has 20 heavy (non-hydrogen) atoms. The van der Waals surface area contributed by atoms with E-state index in [1.807, 2.05) is 0 Å². The van der Waals surface area contributed by atoms with Gasteiger partial charge in [-0.05, 0) is 52.9 Å². The first-order valence-corrected chi connectivity index (χ1v) is 7.68. The van der Waals surface area contributed by atoms with Gasteiger partial charge < -0.3 is 10.6 Å². The largest absolute Gasteiger partial charge is 0.323 e. The number of likely N-dealkylation sites (tertiary alicyclic amines) is 1. The smallest absolute Gasteiger partial charge is 0.0424 e. The van der Waals surface area contributed by atoms with Crippen LogP contribution in [0.4, 0.5) is 0 Å². The summed E-state index contributed by atoms with van der Waals surface area (Å²) in [7, 11) is 4.36. The van der Waals surface area contributed by atoms with E-state index in [0.717, 1.165) is 13.1 Å². The van der Waals surface area contributed by atoms with Crippen molar-refractivity contribution in [2.75, 3.05) is 33.7 Å². The minimum atomic E-state index is 0.120. The zero-order valence-corrected chi connectivity index (χ0v) is 13.4. The predicted molar refractivity (Wildman–Crippen MR) is 86.0 cm³/mol. The molecule has 3 heteroatoms. The third-order valence-corrected chi connectivity index (χ3v) is 4.34. The number of nitrogens with zero attached hydrogens (tertiary/aromatic N) is 2. The SMILES string of the molecule is Cc1cc(C)cc(C(N)CN2CCCC(N(C)C)C2)c1. The molecule has 1 aromatic carbocycles. The number of nitrogens with two attached hydrogens (primary N) is 1. The van der Waals surface area contributed by atoms with E-state index in [2.05, 4.69) is 55.9 Å². The van der Waals surface area contributed by atoms with E-state index in [4.69, 9.17) is 5.73 Å². The molecule has 0 bridgehead atoms. The standard InChI is InChI=1S/C17H29N3/c1-13-8-14(2)10-15(9-13)17(18)12-20-7-5-6-16(11-20)19(3)4/h8-10,16-17H,5-7,11-12,18H2,1-4H3. The lowest BCUT2D eigenvalue weighted by atomic mass is 9.99. The van der Waals surface area contributed by atoms with Gasteiger partial charge in [0.15, 0.2) is 0 Å². The fourth-order valence-corrected chi connectivity index (χ4v) is 3.23. The molecule has 2 unspecified atom stereocenters. The van der Waals surface area contributed by atoms with Gasteiger partial charge in [0.05, 0.1) is 0 Å². The quantitative estimate of drug-likeness (QED) is 0.915. The van der Waals surface area contributed by atoms with Gasteiger partial charge in [0.25, 0.3) is 0 Å². The van der Waals surface area contributed by atoms with Crippen LogP contribution in [-0.2, 0) is 0 Å². The number of benzene rings is 1. The Kier molecular flexibility index (Phi) is 5.19. The number of piperidine rings is 1. The van der Waals surface area contributed by atoms with Gasteiger partial charge in [-0.1, -0.05) is 29.3 Å². The second-order valence-corrected chi connectivity index (χ2v) is 6.55. The highest BCUT2D eigenvalue weighted by Gasteiger charge is 2.23. The van der Waals surface area contributed by atoms with Gasteiger partial charge in [0.1, 0.15) is 0 Å².